The smallest absolute Gasteiger partial charge is 0.0249 e. The van der Waals surface area contributed by atoms with Gasteiger partial charge in [-0.3, -0.25) is 0 Å². The van der Waals surface area contributed by atoms with Crippen molar-refractivity contribution < 1.29 is 0 Å². The molecule has 28 heavy (non-hydrogen) atoms. The predicted octanol–water partition coefficient (Wildman–Crippen LogP) is 7.47. The van der Waals surface area contributed by atoms with Gasteiger partial charge in [0.2, 0.25) is 0 Å². The average molecular weight is 371 g/mol. The lowest BCUT2D eigenvalue weighted by Gasteiger charge is -2.27. The second-order valence-corrected chi connectivity index (χ2v) is 8.18. The Morgan fingerprint density at radius 2 is 1.36 bits per heavy atom. The first kappa shape index (κ1) is 20.5. The Hall–Kier alpha value is -2.26. The van der Waals surface area contributed by atoms with E-state index in [-0.39, 0.29) is 0 Å². The summed E-state index contributed by atoms with van der Waals surface area (Å²) in [5.74, 6) is 7.93. The fourth-order valence-electron chi connectivity index (χ4n) is 4.24. The molecule has 1 aliphatic carbocycles. The van der Waals surface area contributed by atoms with Crippen LogP contribution < -0.4 is 0 Å². The molecule has 0 atom stereocenters. The zero-order valence-corrected chi connectivity index (χ0v) is 17.6. The summed E-state index contributed by atoms with van der Waals surface area (Å²) in [5.41, 5.74) is 5.52. The molecule has 0 aromatic heterocycles. The fraction of sp³-hybridized carbons (Fsp3) is 0.429. The van der Waals surface area contributed by atoms with Gasteiger partial charge in [0, 0.05) is 5.56 Å². The molecule has 0 heterocycles. The van der Waals surface area contributed by atoms with Crippen LogP contribution in [0.25, 0.3) is 0 Å². The molecule has 0 amide bonds. The second kappa shape index (κ2) is 10.9. The van der Waals surface area contributed by atoms with Gasteiger partial charge in [-0.15, -0.1) is 0 Å². The Morgan fingerprint density at radius 1 is 0.786 bits per heavy atom. The lowest BCUT2D eigenvalue weighted by atomic mass is 9.78. The summed E-state index contributed by atoms with van der Waals surface area (Å²) in [7, 11) is 0. The summed E-state index contributed by atoms with van der Waals surface area (Å²) in [5, 5.41) is 0. The summed E-state index contributed by atoms with van der Waals surface area (Å²) in [4.78, 5) is 0. The van der Waals surface area contributed by atoms with Gasteiger partial charge in [-0.25, -0.2) is 0 Å². The van der Waals surface area contributed by atoms with Crippen LogP contribution in [0.4, 0.5) is 0 Å². The number of rotatable bonds is 6. The van der Waals surface area contributed by atoms with Crippen LogP contribution in [0.1, 0.15) is 80.5 Å². The molecule has 0 nitrogen and oxygen atoms in total. The van der Waals surface area contributed by atoms with Gasteiger partial charge < -0.3 is 0 Å². The van der Waals surface area contributed by atoms with E-state index in [0.29, 0.717) is 5.92 Å². The molecular weight excluding hydrogens is 336 g/mol. The Morgan fingerprint density at radius 3 is 1.93 bits per heavy atom. The third-order valence-electron chi connectivity index (χ3n) is 5.92. The van der Waals surface area contributed by atoms with Gasteiger partial charge in [-0.1, -0.05) is 81.0 Å². The third kappa shape index (κ3) is 6.13. The lowest BCUT2D eigenvalue weighted by molar-refractivity contribution is 0.376. The molecule has 0 radical (unpaired) electrons. The van der Waals surface area contributed by atoms with Crippen molar-refractivity contribution in [1.82, 2.24) is 0 Å². The molecule has 1 aliphatic rings. The minimum atomic E-state index is 0.692. The van der Waals surface area contributed by atoms with E-state index in [1.54, 1.807) is 0 Å². The highest BCUT2D eigenvalue weighted by molar-refractivity contribution is 5.38. The maximum Gasteiger partial charge on any atom is 0.0249 e. The second-order valence-electron chi connectivity index (χ2n) is 8.18. The van der Waals surface area contributed by atoms with E-state index in [0.717, 1.165) is 17.9 Å². The molecular formula is C28H34. The predicted molar refractivity (Wildman–Crippen MR) is 122 cm³/mol. The first-order valence-electron chi connectivity index (χ1n) is 11.1. The van der Waals surface area contributed by atoms with Crippen LogP contribution in [0.3, 0.4) is 0 Å². The van der Waals surface area contributed by atoms with Crippen molar-refractivity contribution in [2.24, 2.45) is 5.92 Å². The number of benzene rings is 2. The van der Waals surface area contributed by atoms with Gasteiger partial charge in [0.25, 0.3) is 0 Å². The maximum atomic E-state index is 3.27. The molecule has 0 heteroatoms. The van der Waals surface area contributed by atoms with Crippen molar-refractivity contribution >= 4 is 0 Å². The van der Waals surface area contributed by atoms with Gasteiger partial charge >= 0.3 is 0 Å². The quantitative estimate of drug-likeness (QED) is 0.462. The fourth-order valence-corrected chi connectivity index (χ4v) is 4.24. The molecule has 0 N–H and O–H groups in total. The molecule has 146 valence electrons. The molecule has 1 fully saturated rings. The van der Waals surface area contributed by atoms with E-state index < -0.39 is 0 Å². The van der Waals surface area contributed by atoms with Crippen LogP contribution in [0, 0.1) is 17.8 Å². The van der Waals surface area contributed by atoms with Crippen LogP contribution in [0.5, 0.6) is 0 Å². The van der Waals surface area contributed by atoms with Gasteiger partial charge in [0.15, 0.2) is 0 Å². The number of hydrogen-bond donors (Lipinski definition) is 0. The molecule has 0 aliphatic heterocycles. The summed E-state index contributed by atoms with van der Waals surface area (Å²) >= 11 is 0. The van der Waals surface area contributed by atoms with Crippen molar-refractivity contribution in [2.45, 2.75) is 71.1 Å². The molecule has 1 saturated carbocycles. The van der Waals surface area contributed by atoms with Crippen LogP contribution >= 0.6 is 0 Å². The molecule has 2 aromatic carbocycles. The minimum absolute atomic E-state index is 0.692. The third-order valence-corrected chi connectivity index (χ3v) is 5.92. The molecule has 3 rings (SSSR count). The van der Waals surface area contributed by atoms with Crippen molar-refractivity contribution in [3.05, 3.63) is 82.9 Å². The van der Waals surface area contributed by atoms with Gasteiger partial charge in [-0.05, 0) is 85.3 Å². The minimum Gasteiger partial charge on any atom is -0.0730 e. The van der Waals surface area contributed by atoms with Gasteiger partial charge in [0.1, 0.15) is 0 Å². The normalized spacial score (nSPS) is 19.4. The number of aryl methyl sites for hydroxylation is 2. The molecule has 0 spiro atoms. The van der Waals surface area contributed by atoms with E-state index in [2.05, 4.69) is 86.4 Å². The van der Waals surface area contributed by atoms with E-state index in [1.165, 1.54) is 61.6 Å². The average Bonchev–Trinajstić information content (AvgIpc) is 2.74. The first-order chi connectivity index (χ1) is 13.8. The molecule has 2 aromatic rings. The van der Waals surface area contributed by atoms with Crippen molar-refractivity contribution in [2.75, 3.05) is 0 Å². The lowest BCUT2D eigenvalue weighted by Crippen LogP contribution is -2.11. The number of allylic oxidation sites excluding steroid dienone is 2. The van der Waals surface area contributed by atoms with Crippen LogP contribution in [-0.2, 0) is 12.8 Å². The molecule has 0 saturated heterocycles. The largest absolute Gasteiger partial charge is 0.0730 e. The standard InChI is InChI=1S/C28H34/c1-3-7-23-11-13-25(14-12-23)9-5-6-10-26-17-21-28(22-18-26)27-19-15-24(8-4-2)16-20-27/h6,10-16,19-20,26,28H,3-4,7-8,17-18,21-22H2,1-2H3. The number of hydrogen-bond acceptors (Lipinski definition) is 0. The highest BCUT2D eigenvalue weighted by Gasteiger charge is 2.20. The zero-order chi connectivity index (χ0) is 19.6. The maximum absolute atomic E-state index is 3.27. The summed E-state index contributed by atoms with van der Waals surface area (Å²) < 4.78 is 0. The van der Waals surface area contributed by atoms with Crippen molar-refractivity contribution in [3.8, 4) is 11.8 Å². The van der Waals surface area contributed by atoms with Crippen LogP contribution in [0.15, 0.2) is 60.7 Å². The Kier molecular flexibility index (Phi) is 7.98. The summed E-state index contributed by atoms with van der Waals surface area (Å²) in [6.45, 7) is 4.46. The van der Waals surface area contributed by atoms with Gasteiger partial charge in [-0.2, -0.15) is 0 Å². The highest BCUT2D eigenvalue weighted by Crippen LogP contribution is 2.36. The van der Waals surface area contributed by atoms with Crippen molar-refractivity contribution in [3.63, 3.8) is 0 Å². The molecule has 0 bridgehead atoms. The summed E-state index contributed by atoms with van der Waals surface area (Å²) in [6.07, 6.45) is 14.3. The highest BCUT2D eigenvalue weighted by atomic mass is 14.3. The van der Waals surface area contributed by atoms with E-state index in [1.807, 2.05) is 0 Å². The molecule has 0 unspecified atom stereocenters. The Labute approximate surface area is 172 Å². The first-order valence-corrected chi connectivity index (χ1v) is 11.1. The van der Waals surface area contributed by atoms with Crippen LogP contribution in [0.2, 0.25) is 0 Å². The zero-order valence-electron chi connectivity index (χ0n) is 17.6. The Balaban J connectivity index is 1.46. The SMILES string of the molecule is CCCc1ccc(C#CC=CC2CCC(c3ccc(CCC)cc3)CC2)cc1. The van der Waals surface area contributed by atoms with Gasteiger partial charge in [0.05, 0.1) is 0 Å². The van der Waals surface area contributed by atoms with E-state index >= 15 is 0 Å². The van der Waals surface area contributed by atoms with E-state index in [9.17, 15) is 0 Å². The summed E-state index contributed by atoms with van der Waals surface area (Å²) in [6, 6.07) is 18.1. The van der Waals surface area contributed by atoms with Crippen molar-refractivity contribution in [1.29, 1.82) is 0 Å². The topological polar surface area (TPSA) is 0 Å². The Bertz CT molecular complexity index is 788. The van der Waals surface area contributed by atoms with Crippen LogP contribution in [-0.4, -0.2) is 0 Å². The van der Waals surface area contributed by atoms with E-state index in [4.69, 9.17) is 0 Å². The monoisotopic (exact) mass is 370 g/mol.